The van der Waals surface area contributed by atoms with Crippen LogP contribution >= 0.6 is 12.6 Å². The molecule has 5 heteroatoms. The lowest BCUT2D eigenvalue weighted by Gasteiger charge is -2.32. The van der Waals surface area contributed by atoms with E-state index >= 15 is 0 Å². The maximum atomic E-state index is 12.8. The summed E-state index contributed by atoms with van der Waals surface area (Å²) in [5.74, 6) is -0.526. The first-order valence-electron chi connectivity index (χ1n) is 10.9. The van der Waals surface area contributed by atoms with E-state index in [2.05, 4.69) is 18.7 Å². The number of ether oxygens (including phenoxy) is 2. The topological polar surface area (TPSA) is 52.6 Å². The molecule has 0 N–H and O–H groups in total. The smallest absolute Gasteiger partial charge is 0.309 e. The first-order chi connectivity index (χ1) is 14.2. The highest BCUT2D eigenvalue weighted by Crippen LogP contribution is 2.34. The molecule has 0 radical (unpaired) electrons. The summed E-state index contributed by atoms with van der Waals surface area (Å²) in [7, 11) is 0. The number of rotatable bonds is 6. The Bertz CT molecular complexity index is 913. The molecule has 0 saturated heterocycles. The number of carbonyl (C=O) groups excluding carboxylic acids is 2. The van der Waals surface area contributed by atoms with Crippen LogP contribution in [0.4, 0.5) is 0 Å². The molecule has 0 aliphatic heterocycles. The zero-order valence-corrected chi connectivity index (χ0v) is 19.2. The van der Waals surface area contributed by atoms with E-state index in [1.54, 1.807) is 0 Å². The quantitative estimate of drug-likeness (QED) is 0.449. The summed E-state index contributed by atoms with van der Waals surface area (Å²) >= 11 is 4.51. The van der Waals surface area contributed by atoms with Crippen molar-refractivity contribution in [3.05, 3.63) is 42.0 Å². The standard InChI is InChI=1S/C25H32O4S/c1-5-16(2)23(26)28-20-12-9-17(10-13-20)24(27)29-25(3,4)19-11-14-21-18(15-19)7-6-8-22(21)30/h6-8,11,14-17,20,30H,5,9-10,12-13H2,1-4H3. The van der Waals surface area contributed by atoms with Crippen molar-refractivity contribution < 1.29 is 19.1 Å². The minimum absolute atomic E-state index is 0.0749. The summed E-state index contributed by atoms with van der Waals surface area (Å²) in [6, 6.07) is 12.1. The maximum absolute atomic E-state index is 12.8. The van der Waals surface area contributed by atoms with Crippen LogP contribution in [0, 0.1) is 11.8 Å². The van der Waals surface area contributed by atoms with E-state index in [0.29, 0.717) is 25.7 Å². The van der Waals surface area contributed by atoms with Gasteiger partial charge >= 0.3 is 11.9 Å². The van der Waals surface area contributed by atoms with Gasteiger partial charge in [-0.25, -0.2) is 0 Å². The summed E-state index contributed by atoms with van der Waals surface area (Å²) in [6.07, 6.45) is 3.49. The van der Waals surface area contributed by atoms with Gasteiger partial charge in [0.05, 0.1) is 11.8 Å². The molecule has 0 heterocycles. The van der Waals surface area contributed by atoms with E-state index in [0.717, 1.165) is 27.7 Å². The van der Waals surface area contributed by atoms with Gasteiger partial charge in [-0.3, -0.25) is 9.59 Å². The molecular weight excluding hydrogens is 396 g/mol. The van der Waals surface area contributed by atoms with Gasteiger partial charge < -0.3 is 9.47 Å². The highest BCUT2D eigenvalue weighted by Gasteiger charge is 2.34. The Morgan fingerprint density at radius 2 is 1.83 bits per heavy atom. The normalized spacial score (nSPS) is 20.6. The van der Waals surface area contributed by atoms with Crippen LogP contribution in [-0.4, -0.2) is 18.0 Å². The molecule has 1 aliphatic carbocycles. The molecule has 30 heavy (non-hydrogen) atoms. The minimum Gasteiger partial charge on any atom is -0.462 e. The van der Waals surface area contributed by atoms with Crippen LogP contribution in [0.2, 0.25) is 0 Å². The van der Waals surface area contributed by atoms with Crippen LogP contribution in [0.3, 0.4) is 0 Å². The molecule has 1 saturated carbocycles. The Morgan fingerprint density at radius 3 is 2.50 bits per heavy atom. The molecule has 4 nitrogen and oxygen atoms in total. The lowest BCUT2D eigenvalue weighted by atomic mass is 9.87. The van der Waals surface area contributed by atoms with E-state index in [4.69, 9.17) is 9.47 Å². The number of hydrogen-bond acceptors (Lipinski definition) is 5. The Balaban J connectivity index is 1.60. The van der Waals surface area contributed by atoms with E-state index in [9.17, 15) is 9.59 Å². The summed E-state index contributed by atoms with van der Waals surface area (Å²) in [4.78, 5) is 25.8. The van der Waals surface area contributed by atoms with Gasteiger partial charge in [0.1, 0.15) is 11.7 Å². The van der Waals surface area contributed by atoms with Crippen LogP contribution in [-0.2, 0) is 24.7 Å². The number of thiol groups is 1. The maximum Gasteiger partial charge on any atom is 0.309 e. The van der Waals surface area contributed by atoms with Crippen molar-refractivity contribution in [1.29, 1.82) is 0 Å². The predicted octanol–water partition coefficient (Wildman–Crippen LogP) is 6.05. The van der Waals surface area contributed by atoms with Gasteiger partial charge in [-0.05, 0) is 74.4 Å². The first kappa shape index (κ1) is 22.7. The number of benzene rings is 2. The second-order valence-electron chi connectivity index (χ2n) is 8.86. The zero-order chi connectivity index (χ0) is 21.9. The Kier molecular flexibility index (Phi) is 7.12. The molecule has 2 aromatic rings. The van der Waals surface area contributed by atoms with Gasteiger partial charge in [0, 0.05) is 4.90 Å². The Labute approximate surface area is 184 Å². The van der Waals surface area contributed by atoms with Crippen molar-refractivity contribution in [2.24, 2.45) is 11.8 Å². The summed E-state index contributed by atoms with van der Waals surface area (Å²) in [6.45, 7) is 7.72. The third-order valence-electron chi connectivity index (χ3n) is 6.21. The molecular formula is C25H32O4S. The Hall–Kier alpha value is -2.01. The van der Waals surface area contributed by atoms with Crippen molar-refractivity contribution in [2.75, 3.05) is 0 Å². The van der Waals surface area contributed by atoms with E-state index < -0.39 is 5.60 Å². The number of fused-ring (bicyclic) bond motifs is 1. The zero-order valence-electron chi connectivity index (χ0n) is 18.3. The molecule has 1 aliphatic rings. The van der Waals surface area contributed by atoms with Crippen molar-refractivity contribution in [3.63, 3.8) is 0 Å². The van der Waals surface area contributed by atoms with Crippen LogP contribution in [0.25, 0.3) is 10.8 Å². The second kappa shape index (κ2) is 9.42. The lowest BCUT2D eigenvalue weighted by molar-refractivity contribution is -0.166. The average molecular weight is 429 g/mol. The highest BCUT2D eigenvalue weighted by molar-refractivity contribution is 7.80. The molecule has 162 valence electrons. The van der Waals surface area contributed by atoms with Crippen molar-refractivity contribution in [2.45, 2.75) is 76.4 Å². The highest BCUT2D eigenvalue weighted by atomic mass is 32.1. The molecule has 1 atom stereocenters. The van der Waals surface area contributed by atoms with Crippen LogP contribution in [0.5, 0.6) is 0 Å². The first-order valence-corrected chi connectivity index (χ1v) is 11.3. The lowest BCUT2D eigenvalue weighted by Crippen LogP contribution is -2.34. The Morgan fingerprint density at radius 1 is 1.13 bits per heavy atom. The fraction of sp³-hybridized carbons (Fsp3) is 0.520. The molecule has 1 unspecified atom stereocenters. The molecule has 0 amide bonds. The molecule has 0 spiro atoms. The van der Waals surface area contributed by atoms with E-state index in [1.165, 1.54) is 0 Å². The average Bonchev–Trinajstić information content (AvgIpc) is 2.73. The van der Waals surface area contributed by atoms with Crippen molar-refractivity contribution in [3.8, 4) is 0 Å². The number of hydrogen-bond donors (Lipinski definition) is 1. The summed E-state index contributed by atoms with van der Waals surface area (Å²) in [5.41, 5.74) is 0.232. The largest absolute Gasteiger partial charge is 0.462 e. The molecule has 3 rings (SSSR count). The van der Waals surface area contributed by atoms with E-state index in [-0.39, 0.29) is 29.9 Å². The fourth-order valence-electron chi connectivity index (χ4n) is 3.90. The van der Waals surface area contributed by atoms with E-state index in [1.807, 2.05) is 58.0 Å². The van der Waals surface area contributed by atoms with Crippen LogP contribution < -0.4 is 0 Å². The van der Waals surface area contributed by atoms with Crippen LogP contribution in [0.15, 0.2) is 41.3 Å². The molecule has 2 aromatic carbocycles. The second-order valence-corrected chi connectivity index (χ2v) is 9.35. The van der Waals surface area contributed by atoms with Gasteiger partial charge in [-0.2, -0.15) is 0 Å². The fourth-order valence-corrected chi connectivity index (χ4v) is 4.19. The summed E-state index contributed by atoms with van der Waals surface area (Å²) in [5, 5.41) is 2.16. The molecule has 0 bridgehead atoms. The minimum atomic E-state index is -0.724. The third kappa shape index (κ3) is 5.18. The molecule has 1 fully saturated rings. The van der Waals surface area contributed by atoms with Gasteiger partial charge in [0.15, 0.2) is 0 Å². The summed E-state index contributed by atoms with van der Waals surface area (Å²) < 4.78 is 11.5. The monoisotopic (exact) mass is 428 g/mol. The number of carbonyl (C=O) groups is 2. The van der Waals surface area contributed by atoms with Crippen molar-refractivity contribution >= 4 is 35.3 Å². The van der Waals surface area contributed by atoms with Gasteiger partial charge in [0.25, 0.3) is 0 Å². The third-order valence-corrected chi connectivity index (χ3v) is 6.60. The van der Waals surface area contributed by atoms with Gasteiger partial charge in [-0.15, -0.1) is 12.6 Å². The number of esters is 2. The van der Waals surface area contributed by atoms with Gasteiger partial charge in [0.2, 0.25) is 0 Å². The van der Waals surface area contributed by atoms with Crippen molar-refractivity contribution in [1.82, 2.24) is 0 Å². The SMILES string of the molecule is CCC(C)C(=O)OC1CCC(C(=O)OC(C)(C)c2ccc3c(S)cccc3c2)CC1. The molecule has 0 aromatic heterocycles. The predicted molar refractivity (Wildman–Crippen MR) is 122 cm³/mol. The van der Waals surface area contributed by atoms with Gasteiger partial charge in [-0.1, -0.05) is 38.1 Å². The van der Waals surface area contributed by atoms with Crippen LogP contribution in [0.1, 0.15) is 65.4 Å².